The number of hydrogen-bond donors (Lipinski definition) is 2. The normalized spacial score (nSPS) is 15.0. The molecule has 1 fully saturated rings. The van der Waals surface area contributed by atoms with Gasteiger partial charge in [0.15, 0.2) is 0 Å². The minimum absolute atomic E-state index is 0.124. The number of aryl methyl sites for hydroxylation is 2. The minimum atomic E-state index is -0.124. The molecule has 0 amide bonds. The van der Waals surface area contributed by atoms with E-state index in [1.165, 1.54) is 12.8 Å². The summed E-state index contributed by atoms with van der Waals surface area (Å²) in [6.45, 7) is 7.09. The highest BCUT2D eigenvalue weighted by Crippen LogP contribution is 2.36. The Balaban J connectivity index is 1.52. The van der Waals surface area contributed by atoms with E-state index in [1.54, 1.807) is 12.1 Å². The third kappa shape index (κ3) is 3.84. The molecule has 32 heavy (non-hydrogen) atoms. The van der Waals surface area contributed by atoms with Crippen molar-refractivity contribution < 1.29 is 0 Å². The molecule has 1 atom stereocenters. The highest BCUT2D eigenvalue weighted by atomic mass is 16.1. The topological polar surface area (TPSA) is 94.7 Å². The van der Waals surface area contributed by atoms with Gasteiger partial charge in [0.05, 0.1) is 34.9 Å². The molecule has 0 bridgehead atoms. The van der Waals surface area contributed by atoms with E-state index in [0.29, 0.717) is 41.4 Å². The lowest BCUT2D eigenvalue weighted by molar-refractivity contribution is 0.163. The second-order valence-electron chi connectivity index (χ2n) is 8.95. The van der Waals surface area contributed by atoms with Crippen LogP contribution in [0.5, 0.6) is 0 Å². The molecule has 0 radical (unpaired) electrons. The maximum atomic E-state index is 12.7. The molecule has 4 aromatic rings. The fourth-order valence-corrected chi connectivity index (χ4v) is 4.46. The lowest BCUT2D eigenvalue weighted by atomic mass is 10.1. The molecule has 7 heteroatoms. The van der Waals surface area contributed by atoms with E-state index in [-0.39, 0.29) is 17.2 Å². The molecule has 1 aliphatic rings. The van der Waals surface area contributed by atoms with Crippen LogP contribution >= 0.6 is 0 Å². The molecule has 7 nitrogen and oxygen atoms in total. The van der Waals surface area contributed by atoms with E-state index in [9.17, 15) is 9.59 Å². The van der Waals surface area contributed by atoms with Crippen LogP contribution in [-0.4, -0.2) is 30.9 Å². The molecule has 0 unspecified atom stereocenters. The Morgan fingerprint density at radius 2 is 1.34 bits per heavy atom. The van der Waals surface area contributed by atoms with Gasteiger partial charge in [-0.3, -0.25) is 14.5 Å². The molecule has 1 aliphatic carbocycles. The molecule has 0 saturated heterocycles. The molecule has 164 valence electrons. The van der Waals surface area contributed by atoms with Gasteiger partial charge in [0.2, 0.25) is 0 Å². The van der Waals surface area contributed by atoms with Gasteiger partial charge in [0.25, 0.3) is 11.1 Å². The van der Waals surface area contributed by atoms with Gasteiger partial charge < -0.3 is 9.97 Å². The van der Waals surface area contributed by atoms with Crippen molar-refractivity contribution in [2.24, 2.45) is 5.92 Å². The maximum absolute atomic E-state index is 12.7. The zero-order valence-electron chi connectivity index (χ0n) is 18.6. The van der Waals surface area contributed by atoms with Crippen LogP contribution in [0.15, 0.2) is 46.0 Å². The lowest BCUT2D eigenvalue weighted by Crippen LogP contribution is -2.36. The zero-order chi connectivity index (χ0) is 22.4. The van der Waals surface area contributed by atoms with Gasteiger partial charge in [-0.25, -0.2) is 9.97 Å². The molecule has 1 saturated carbocycles. The second kappa shape index (κ2) is 7.98. The Kier molecular flexibility index (Phi) is 5.13. The van der Waals surface area contributed by atoms with Gasteiger partial charge in [-0.15, -0.1) is 0 Å². The van der Waals surface area contributed by atoms with E-state index in [1.807, 2.05) is 38.1 Å². The van der Waals surface area contributed by atoms with Crippen molar-refractivity contribution in [2.45, 2.75) is 52.7 Å². The summed E-state index contributed by atoms with van der Waals surface area (Å²) in [7, 11) is 0. The summed E-state index contributed by atoms with van der Waals surface area (Å²) in [4.78, 5) is 43.0. The van der Waals surface area contributed by atoms with Crippen LogP contribution in [0.1, 0.15) is 42.5 Å². The number of fused-ring (bicyclic) bond motifs is 2. The monoisotopic (exact) mass is 429 g/mol. The predicted molar refractivity (Wildman–Crippen MR) is 126 cm³/mol. The van der Waals surface area contributed by atoms with Crippen molar-refractivity contribution in [3.8, 4) is 0 Å². The van der Waals surface area contributed by atoms with Gasteiger partial charge in [-0.05, 0) is 62.8 Å². The van der Waals surface area contributed by atoms with E-state index in [0.717, 1.165) is 22.2 Å². The maximum Gasteiger partial charge on any atom is 0.258 e. The second-order valence-corrected chi connectivity index (χ2v) is 8.95. The highest BCUT2D eigenvalue weighted by molar-refractivity contribution is 5.81. The summed E-state index contributed by atoms with van der Waals surface area (Å²) in [5.74, 6) is 1.87. The molecule has 2 aromatic heterocycles. The molecular formula is C25H27N5O2. The number of nitrogens with zero attached hydrogens (tertiary/aromatic N) is 3. The largest absolute Gasteiger partial charge is 0.309 e. The van der Waals surface area contributed by atoms with Crippen LogP contribution in [0.25, 0.3) is 21.8 Å². The van der Waals surface area contributed by atoms with Gasteiger partial charge in [0, 0.05) is 6.04 Å². The van der Waals surface area contributed by atoms with Gasteiger partial charge in [-0.1, -0.05) is 24.3 Å². The van der Waals surface area contributed by atoms with E-state index < -0.39 is 0 Å². The van der Waals surface area contributed by atoms with Crippen molar-refractivity contribution in [1.29, 1.82) is 0 Å². The number of benzene rings is 2. The fourth-order valence-electron chi connectivity index (χ4n) is 4.46. The summed E-state index contributed by atoms with van der Waals surface area (Å²) in [6.07, 6.45) is 2.39. The van der Waals surface area contributed by atoms with E-state index in [2.05, 4.69) is 21.8 Å². The minimum Gasteiger partial charge on any atom is -0.309 e. The summed E-state index contributed by atoms with van der Waals surface area (Å²) in [5, 5.41) is 1.21. The highest BCUT2D eigenvalue weighted by Gasteiger charge is 2.32. The number of para-hydroxylation sites is 2. The Bertz CT molecular complexity index is 1330. The van der Waals surface area contributed by atoms with Crippen molar-refractivity contribution in [2.75, 3.05) is 0 Å². The lowest BCUT2D eigenvalue weighted by Gasteiger charge is -2.28. The van der Waals surface area contributed by atoms with Gasteiger partial charge in [0.1, 0.15) is 11.6 Å². The van der Waals surface area contributed by atoms with E-state index >= 15 is 0 Å². The summed E-state index contributed by atoms with van der Waals surface area (Å²) in [5.41, 5.74) is 3.18. The molecule has 5 rings (SSSR count). The predicted octanol–water partition coefficient (Wildman–Crippen LogP) is 3.58. The van der Waals surface area contributed by atoms with Crippen LogP contribution in [0.4, 0.5) is 0 Å². The number of hydrogen-bond acceptors (Lipinski definition) is 5. The first-order chi connectivity index (χ1) is 15.4. The quantitative estimate of drug-likeness (QED) is 0.489. The standard InChI is InChI=1S/C25H27N5O2/c1-14-6-4-8-18-22(14)26-20(28-24(18)31)12-30(16(3)17-10-11-17)13-21-27-23-15(2)7-5-9-19(23)25(32)29-21/h4-9,16-17H,10-13H2,1-3H3,(H,26,28,31)(H,27,29,32)/t16-/m1/s1. The molecule has 0 aliphatic heterocycles. The molecule has 2 aromatic carbocycles. The average Bonchev–Trinajstić information content (AvgIpc) is 3.60. The summed E-state index contributed by atoms with van der Waals surface area (Å²) < 4.78 is 0. The molecule has 2 heterocycles. The molecule has 2 N–H and O–H groups in total. The number of aromatic nitrogens is 4. The number of H-pyrrole nitrogens is 2. The van der Waals surface area contributed by atoms with Crippen LogP contribution < -0.4 is 11.1 Å². The van der Waals surface area contributed by atoms with Gasteiger partial charge >= 0.3 is 0 Å². The molecular weight excluding hydrogens is 402 g/mol. The first kappa shape index (κ1) is 20.6. The number of rotatable bonds is 6. The van der Waals surface area contributed by atoms with Crippen molar-refractivity contribution in [3.63, 3.8) is 0 Å². The Morgan fingerprint density at radius 3 is 1.78 bits per heavy atom. The first-order valence-electron chi connectivity index (χ1n) is 11.1. The zero-order valence-corrected chi connectivity index (χ0v) is 18.6. The van der Waals surface area contributed by atoms with Crippen LogP contribution in [0, 0.1) is 19.8 Å². The first-order valence-corrected chi connectivity index (χ1v) is 11.1. The third-order valence-electron chi connectivity index (χ3n) is 6.56. The fraction of sp³-hybridized carbons (Fsp3) is 0.360. The Hall–Kier alpha value is -3.32. The Labute approximate surface area is 185 Å². The van der Waals surface area contributed by atoms with Crippen molar-refractivity contribution in [1.82, 2.24) is 24.8 Å². The molecule has 0 spiro atoms. The van der Waals surface area contributed by atoms with Crippen LogP contribution in [0.3, 0.4) is 0 Å². The van der Waals surface area contributed by atoms with Crippen LogP contribution in [-0.2, 0) is 13.1 Å². The average molecular weight is 430 g/mol. The van der Waals surface area contributed by atoms with E-state index in [4.69, 9.17) is 9.97 Å². The summed E-state index contributed by atoms with van der Waals surface area (Å²) >= 11 is 0. The van der Waals surface area contributed by atoms with Crippen LogP contribution in [0.2, 0.25) is 0 Å². The Morgan fingerprint density at radius 1 is 0.875 bits per heavy atom. The SMILES string of the molecule is Cc1cccc2c(=O)[nH]c(CN(Cc3nc4c(C)cccc4c(=O)[nH]3)[C@H](C)C3CC3)nc12. The number of aromatic amines is 2. The third-order valence-corrected chi connectivity index (χ3v) is 6.56. The summed E-state index contributed by atoms with van der Waals surface area (Å²) in [6, 6.07) is 11.6. The smallest absolute Gasteiger partial charge is 0.258 e. The van der Waals surface area contributed by atoms with Crippen molar-refractivity contribution in [3.05, 3.63) is 79.9 Å². The number of nitrogens with one attached hydrogen (secondary N) is 2. The van der Waals surface area contributed by atoms with Gasteiger partial charge in [-0.2, -0.15) is 0 Å². The van der Waals surface area contributed by atoms with Crippen molar-refractivity contribution >= 4 is 21.8 Å².